The van der Waals surface area contributed by atoms with Crippen molar-refractivity contribution in [3.63, 3.8) is 0 Å². The van der Waals surface area contributed by atoms with E-state index in [1.165, 1.54) is 36.4 Å². The molecular formula is C36H42N6O12. The van der Waals surface area contributed by atoms with E-state index in [4.69, 9.17) is 27.1 Å². The van der Waals surface area contributed by atoms with Crippen LogP contribution in [0.5, 0.6) is 0 Å². The summed E-state index contributed by atoms with van der Waals surface area (Å²) in [6, 6.07) is 8.67. The van der Waals surface area contributed by atoms with Gasteiger partial charge in [-0.1, -0.05) is 0 Å². The summed E-state index contributed by atoms with van der Waals surface area (Å²) >= 11 is 0. The number of furan rings is 4. The van der Waals surface area contributed by atoms with Crippen LogP contribution in [-0.2, 0) is 48.7 Å². The molecule has 0 atom stereocenters. The minimum absolute atomic E-state index is 0.0731. The van der Waals surface area contributed by atoms with Crippen molar-refractivity contribution in [2.75, 3.05) is 0 Å². The number of hydrogen-bond acceptors (Lipinski definition) is 12. The predicted octanol–water partition coefficient (Wildman–Crippen LogP) is 4.14. The normalized spacial score (nSPS) is 14.5. The van der Waals surface area contributed by atoms with Gasteiger partial charge in [0.05, 0.1) is 26.2 Å². The van der Waals surface area contributed by atoms with Crippen molar-refractivity contribution in [2.24, 2.45) is 0 Å². The molecule has 0 saturated carbocycles. The first-order valence-electron chi connectivity index (χ1n) is 16.9. The molecule has 0 saturated heterocycles. The molecule has 6 N–H and O–H groups in total. The summed E-state index contributed by atoms with van der Waals surface area (Å²) in [5.74, 6) is -2.07. The van der Waals surface area contributed by atoms with Crippen LogP contribution in [0.4, 0.5) is 9.59 Å². The monoisotopic (exact) mass is 750 g/mol. The molecule has 5 heterocycles. The van der Waals surface area contributed by atoms with Crippen LogP contribution in [0.2, 0.25) is 0 Å². The fraction of sp³-hybridized carbons (Fsp3) is 0.389. The van der Waals surface area contributed by atoms with E-state index in [0.29, 0.717) is 11.1 Å². The summed E-state index contributed by atoms with van der Waals surface area (Å²) in [5.41, 5.74) is -0.713. The molecule has 4 aromatic heterocycles. The van der Waals surface area contributed by atoms with Gasteiger partial charge in [0.25, 0.3) is 23.6 Å². The molecule has 0 fully saturated rings. The topological polar surface area (TPSA) is 246 Å². The summed E-state index contributed by atoms with van der Waals surface area (Å²) in [6.07, 6.45) is -1.40. The van der Waals surface area contributed by atoms with Gasteiger partial charge in [0, 0.05) is 24.2 Å². The van der Waals surface area contributed by atoms with Gasteiger partial charge in [-0.2, -0.15) is 0 Å². The van der Waals surface area contributed by atoms with Crippen LogP contribution < -0.4 is 31.9 Å². The Balaban J connectivity index is 1.37. The Bertz CT molecular complexity index is 1890. The van der Waals surface area contributed by atoms with E-state index in [9.17, 15) is 28.8 Å². The van der Waals surface area contributed by atoms with Crippen molar-refractivity contribution in [1.82, 2.24) is 31.9 Å². The molecule has 288 valence electrons. The molecule has 0 aliphatic carbocycles. The van der Waals surface area contributed by atoms with Crippen LogP contribution in [0.3, 0.4) is 0 Å². The smallest absolute Gasteiger partial charge is 0.407 e. The molecule has 1 aliphatic rings. The minimum Gasteiger partial charge on any atom is -0.454 e. The van der Waals surface area contributed by atoms with Crippen molar-refractivity contribution < 1.29 is 55.9 Å². The van der Waals surface area contributed by atoms with E-state index in [1.807, 2.05) is 0 Å². The molecule has 6 amide bonds. The van der Waals surface area contributed by atoms with Gasteiger partial charge < -0.3 is 59.0 Å². The zero-order chi connectivity index (χ0) is 39.2. The quantitative estimate of drug-likeness (QED) is 0.172. The summed E-state index contributed by atoms with van der Waals surface area (Å²) < 4.78 is 33.4. The van der Waals surface area contributed by atoms with Crippen LogP contribution in [-0.4, -0.2) is 47.0 Å². The van der Waals surface area contributed by atoms with Gasteiger partial charge in [-0.3, -0.25) is 19.2 Å². The number of carbonyl (C=O) groups excluding carboxylic acids is 6. The third kappa shape index (κ3) is 10.8. The van der Waals surface area contributed by atoms with Gasteiger partial charge in [0.2, 0.25) is 0 Å². The lowest BCUT2D eigenvalue weighted by molar-refractivity contribution is 0.0512. The van der Waals surface area contributed by atoms with E-state index >= 15 is 0 Å². The second-order valence-corrected chi connectivity index (χ2v) is 14.1. The number of fused-ring (bicyclic) bond motifs is 8. The van der Waals surface area contributed by atoms with E-state index in [1.54, 1.807) is 41.5 Å². The maximum atomic E-state index is 13.1. The first-order valence-corrected chi connectivity index (χ1v) is 16.9. The highest BCUT2D eigenvalue weighted by molar-refractivity contribution is 5.94. The molecule has 0 radical (unpaired) electrons. The predicted molar refractivity (Wildman–Crippen MR) is 186 cm³/mol. The molecule has 18 heteroatoms. The van der Waals surface area contributed by atoms with E-state index in [0.717, 1.165) is 0 Å². The van der Waals surface area contributed by atoms with Gasteiger partial charge in [-0.25, -0.2) is 9.59 Å². The first kappa shape index (κ1) is 38.8. The van der Waals surface area contributed by atoms with Crippen LogP contribution >= 0.6 is 0 Å². The molecule has 8 bridgehead atoms. The molecular weight excluding hydrogens is 708 g/mol. The molecule has 0 aromatic carbocycles. The minimum atomic E-state index is -0.746. The molecule has 18 nitrogen and oxygen atoms in total. The van der Waals surface area contributed by atoms with Gasteiger partial charge in [0.1, 0.15) is 34.2 Å². The summed E-state index contributed by atoms with van der Waals surface area (Å²) in [4.78, 5) is 76.9. The van der Waals surface area contributed by atoms with Crippen LogP contribution in [0.1, 0.15) is 118 Å². The Kier molecular flexibility index (Phi) is 11.5. The number of amides is 6. The average Bonchev–Trinajstić information content (AvgIpc) is 3.90. The maximum Gasteiger partial charge on any atom is 0.407 e. The molecule has 0 unspecified atom stereocenters. The van der Waals surface area contributed by atoms with Gasteiger partial charge >= 0.3 is 12.2 Å². The number of rotatable bonds is 4. The highest BCUT2D eigenvalue weighted by Crippen LogP contribution is 2.20. The number of nitrogens with one attached hydrogen (secondary N) is 6. The third-order valence-corrected chi connectivity index (χ3v) is 7.32. The van der Waals surface area contributed by atoms with Crippen molar-refractivity contribution in [3.05, 3.63) is 93.6 Å². The van der Waals surface area contributed by atoms with E-state index in [2.05, 4.69) is 31.9 Å². The van der Waals surface area contributed by atoms with Crippen molar-refractivity contribution in [1.29, 1.82) is 0 Å². The fourth-order valence-electron chi connectivity index (χ4n) is 4.91. The van der Waals surface area contributed by atoms with Crippen molar-refractivity contribution in [3.8, 4) is 0 Å². The second-order valence-electron chi connectivity index (χ2n) is 14.1. The Hall–Kier alpha value is -6.46. The number of carbonyl (C=O) groups is 6. The van der Waals surface area contributed by atoms with E-state index < -0.39 is 47.0 Å². The van der Waals surface area contributed by atoms with Crippen LogP contribution in [0, 0.1) is 0 Å². The number of ether oxygens (including phenoxy) is 2. The molecule has 54 heavy (non-hydrogen) atoms. The summed E-state index contributed by atoms with van der Waals surface area (Å²) in [5, 5.41) is 15.8. The highest BCUT2D eigenvalue weighted by atomic mass is 16.6. The Morgan fingerprint density at radius 1 is 0.556 bits per heavy atom. The molecule has 1 aliphatic heterocycles. The van der Waals surface area contributed by atoms with Gasteiger partial charge in [-0.05, 0) is 77.9 Å². The first-order chi connectivity index (χ1) is 25.4. The largest absolute Gasteiger partial charge is 0.454 e. The number of alkyl carbamates (subject to hydrolysis) is 2. The zero-order valence-corrected chi connectivity index (χ0v) is 30.6. The molecule has 0 spiro atoms. The van der Waals surface area contributed by atoms with Crippen LogP contribution in [0.15, 0.2) is 54.1 Å². The fourth-order valence-corrected chi connectivity index (χ4v) is 4.91. The Labute approximate surface area is 309 Å². The lowest BCUT2D eigenvalue weighted by Gasteiger charge is -2.19. The molecule has 5 rings (SSSR count). The third-order valence-electron chi connectivity index (χ3n) is 7.32. The zero-order valence-electron chi connectivity index (χ0n) is 30.6. The van der Waals surface area contributed by atoms with Crippen LogP contribution in [0.25, 0.3) is 0 Å². The SMILES string of the molecule is CC(C)(C)OC(=O)NCc1cc2oc1CNC(=O)c1ccc(o1)CNC(=O)c1cc(CNC(=O)OC(C)(C)C)c(o1)CNC(=O)c1ccc(o1)CNC2=O. The summed E-state index contributed by atoms with van der Waals surface area (Å²) in [7, 11) is 0. The average molecular weight is 751 g/mol. The molecule has 4 aromatic rings. The maximum absolute atomic E-state index is 13.1. The van der Waals surface area contributed by atoms with Gasteiger partial charge in [-0.15, -0.1) is 0 Å². The highest BCUT2D eigenvalue weighted by Gasteiger charge is 2.24. The lowest BCUT2D eigenvalue weighted by atomic mass is 10.2. The standard InChI is InChI=1S/C36H42N6O12/c1-35(2,3)53-33(47)41-13-19-11-25-31(45)37-15-21-8-10-24(50-21)30(44)40-18-28-20(14-42-34(48)54-36(4,5)6)12-26(52-28)32(46)38-16-22-7-9-23(49-22)29(43)39-17-27(19)51-25/h7-12H,13-18H2,1-6H3,(H,37,45)(H,38,46)(H,39,43)(H,40,44)(H,41,47)(H,42,48). The number of hydrogen-bond donors (Lipinski definition) is 6. The Morgan fingerprint density at radius 2 is 0.907 bits per heavy atom. The van der Waals surface area contributed by atoms with Crippen molar-refractivity contribution in [2.45, 2.75) is 92.0 Å². The second kappa shape index (κ2) is 16.1. The summed E-state index contributed by atoms with van der Waals surface area (Å²) in [6.45, 7) is 9.49. The van der Waals surface area contributed by atoms with Crippen molar-refractivity contribution >= 4 is 35.8 Å². The van der Waals surface area contributed by atoms with E-state index in [-0.39, 0.29) is 85.4 Å². The Morgan fingerprint density at radius 3 is 1.28 bits per heavy atom. The lowest BCUT2D eigenvalue weighted by Crippen LogP contribution is -2.32. The van der Waals surface area contributed by atoms with Gasteiger partial charge in [0.15, 0.2) is 23.0 Å².